The lowest BCUT2D eigenvalue weighted by atomic mass is 10.0. The van der Waals surface area contributed by atoms with Crippen LogP contribution in [0.3, 0.4) is 0 Å². The van der Waals surface area contributed by atoms with Crippen LogP contribution in [0, 0.1) is 6.92 Å². The van der Waals surface area contributed by atoms with Crippen molar-refractivity contribution in [3.63, 3.8) is 0 Å². The van der Waals surface area contributed by atoms with E-state index in [1.54, 1.807) is 18.0 Å². The first-order valence-corrected chi connectivity index (χ1v) is 7.11. The van der Waals surface area contributed by atoms with Crippen LogP contribution in [0.5, 0.6) is 0 Å². The van der Waals surface area contributed by atoms with Gasteiger partial charge >= 0.3 is 0 Å². The lowest BCUT2D eigenvalue weighted by molar-refractivity contribution is 0.112. The lowest BCUT2D eigenvalue weighted by Gasteiger charge is -2.08. The molecule has 98 valence electrons. The molecule has 0 unspecified atom stereocenters. The number of aryl methyl sites for hydroxylation is 1. The highest BCUT2D eigenvalue weighted by Gasteiger charge is 2.05. The summed E-state index contributed by atoms with van der Waals surface area (Å²) in [6, 6.07) is 10.4. The molecule has 0 amide bonds. The Morgan fingerprint density at radius 1 is 1.21 bits per heavy atom. The maximum atomic E-state index is 10.7. The fourth-order valence-corrected chi connectivity index (χ4v) is 2.61. The molecule has 0 radical (unpaired) electrons. The Labute approximate surface area is 118 Å². The molecule has 1 aromatic heterocycles. The second-order valence-corrected chi connectivity index (χ2v) is 5.90. The average Bonchev–Trinajstić information content (AvgIpc) is 2.41. The lowest BCUT2D eigenvalue weighted by Crippen LogP contribution is -1.90. The molecular weight excluding hydrogens is 254 g/mol. The molecule has 0 aliphatic heterocycles. The van der Waals surface area contributed by atoms with Crippen LogP contribution < -0.4 is 0 Å². The van der Waals surface area contributed by atoms with E-state index in [1.165, 1.54) is 10.5 Å². The number of nitrogens with zero attached hydrogens (tertiary/aromatic N) is 1. The van der Waals surface area contributed by atoms with Crippen LogP contribution in [-0.2, 0) is 0 Å². The summed E-state index contributed by atoms with van der Waals surface area (Å²) in [4.78, 5) is 16.2. The molecule has 0 N–H and O–H groups in total. The normalized spacial score (nSPS) is 10.7. The van der Waals surface area contributed by atoms with E-state index in [0.717, 1.165) is 16.9 Å². The van der Waals surface area contributed by atoms with Crippen LogP contribution in [0.4, 0.5) is 0 Å². The number of carbonyl (C=O) groups is 1. The Balaban J connectivity index is 2.19. The smallest absolute Gasteiger partial charge is 0.151 e. The van der Waals surface area contributed by atoms with Crippen molar-refractivity contribution < 1.29 is 4.79 Å². The zero-order valence-electron chi connectivity index (χ0n) is 11.4. The molecule has 1 aromatic carbocycles. The van der Waals surface area contributed by atoms with Gasteiger partial charge in [-0.25, -0.2) is 4.98 Å². The van der Waals surface area contributed by atoms with Gasteiger partial charge in [-0.2, -0.15) is 0 Å². The van der Waals surface area contributed by atoms with Crippen LogP contribution in [0.15, 0.2) is 46.5 Å². The first-order valence-electron chi connectivity index (χ1n) is 6.30. The minimum Gasteiger partial charge on any atom is -0.298 e. The molecule has 0 saturated heterocycles. The highest BCUT2D eigenvalue weighted by molar-refractivity contribution is 7.99. The van der Waals surface area contributed by atoms with Crippen molar-refractivity contribution in [2.75, 3.05) is 0 Å². The molecule has 0 saturated carbocycles. The molecule has 2 nitrogen and oxygen atoms in total. The fraction of sp³-hybridized carbons (Fsp3) is 0.250. The van der Waals surface area contributed by atoms with E-state index in [0.29, 0.717) is 11.5 Å². The number of carbonyl (C=O) groups excluding carboxylic acids is 1. The summed E-state index contributed by atoms with van der Waals surface area (Å²) < 4.78 is 0. The van der Waals surface area contributed by atoms with Crippen molar-refractivity contribution in [1.29, 1.82) is 0 Å². The number of pyridine rings is 1. The van der Waals surface area contributed by atoms with E-state index in [4.69, 9.17) is 0 Å². The van der Waals surface area contributed by atoms with Gasteiger partial charge in [0.05, 0.1) is 0 Å². The van der Waals surface area contributed by atoms with Crippen molar-refractivity contribution >= 4 is 18.0 Å². The van der Waals surface area contributed by atoms with Crippen LogP contribution in [-0.4, -0.2) is 11.3 Å². The first kappa shape index (κ1) is 13.8. The van der Waals surface area contributed by atoms with Crippen LogP contribution in [0.25, 0.3) is 0 Å². The summed E-state index contributed by atoms with van der Waals surface area (Å²) in [7, 11) is 0. The van der Waals surface area contributed by atoms with Gasteiger partial charge in [0.1, 0.15) is 5.03 Å². The van der Waals surface area contributed by atoms with Gasteiger partial charge in [-0.15, -0.1) is 0 Å². The molecule has 0 bridgehead atoms. The highest BCUT2D eigenvalue weighted by Crippen LogP contribution is 2.29. The molecule has 19 heavy (non-hydrogen) atoms. The van der Waals surface area contributed by atoms with Crippen molar-refractivity contribution in [1.82, 2.24) is 4.98 Å². The molecule has 0 atom stereocenters. The third-order valence-electron chi connectivity index (χ3n) is 2.95. The van der Waals surface area contributed by atoms with Crippen LogP contribution >= 0.6 is 11.8 Å². The van der Waals surface area contributed by atoms with Crippen molar-refractivity contribution in [2.24, 2.45) is 0 Å². The van der Waals surface area contributed by atoms with Gasteiger partial charge in [0, 0.05) is 16.7 Å². The first-order chi connectivity index (χ1) is 9.10. The van der Waals surface area contributed by atoms with E-state index in [-0.39, 0.29) is 0 Å². The third-order valence-corrected chi connectivity index (χ3v) is 4.08. The third kappa shape index (κ3) is 3.44. The van der Waals surface area contributed by atoms with Gasteiger partial charge in [-0.3, -0.25) is 4.79 Å². The SMILES string of the molecule is Cc1cc(C=O)cnc1Sc1ccc(C(C)C)cc1. The number of hydrogen-bond acceptors (Lipinski definition) is 3. The van der Waals surface area contributed by atoms with Gasteiger partial charge in [0.15, 0.2) is 6.29 Å². The zero-order chi connectivity index (χ0) is 13.8. The predicted molar refractivity (Wildman–Crippen MR) is 79.0 cm³/mol. The molecule has 1 heterocycles. The maximum Gasteiger partial charge on any atom is 0.151 e. The van der Waals surface area contributed by atoms with Crippen molar-refractivity contribution in [3.05, 3.63) is 53.2 Å². The summed E-state index contributed by atoms with van der Waals surface area (Å²) in [5, 5.41) is 0.947. The molecule has 0 aliphatic rings. The number of rotatable bonds is 4. The predicted octanol–water partition coefficient (Wildman–Crippen LogP) is 4.48. The molecule has 2 rings (SSSR count). The molecule has 0 aliphatic carbocycles. The van der Waals surface area contributed by atoms with E-state index < -0.39 is 0 Å². The largest absolute Gasteiger partial charge is 0.298 e. The van der Waals surface area contributed by atoms with Crippen molar-refractivity contribution in [2.45, 2.75) is 36.6 Å². The zero-order valence-corrected chi connectivity index (χ0v) is 12.2. The average molecular weight is 271 g/mol. The minimum absolute atomic E-state index is 0.547. The quantitative estimate of drug-likeness (QED) is 0.768. The van der Waals surface area contributed by atoms with Gasteiger partial charge < -0.3 is 0 Å². The molecule has 0 spiro atoms. The van der Waals surface area contributed by atoms with Crippen LogP contribution in [0.2, 0.25) is 0 Å². The summed E-state index contributed by atoms with van der Waals surface area (Å²) in [6.45, 7) is 6.35. The summed E-state index contributed by atoms with van der Waals surface area (Å²) >= 11 is 1.63. The molecule has 3 heteroatoms. The Hall–Kier alpha value is -1.61. The summed E-state index contributed by atoms with van der Waals surface area (Å²) in [5.41, 5.74) is 2.99. The molecular formula is C16H17NOS. The van der Waals surface area contributed by atoms with Crippen molar-refractivity contribution in [3.8, 4) is 0 Å². The van der Waals surface area contributed by atoms with E-state index in [9.17, 15) is 4.79 Å². The fourth-order valence-electron chi connectivity index (χ4n) is 1.79. The maximum absolute atomic E-state index is 10.7. The Kier molecular flexibility index (Phi) is 4.38. The Morgan fingerprint density at radius 2 is 1.89 bits per heavy atom. The minimum atomic E-state index is 0.547. The van der Waals surface area contributed by atoms with Gasteiger partial charge in [-0.1, -0.05) is 37.7 Å². The molecule has 2 aromatic rings. The van der Waals surface area contributed by atoms with E-state index >= 15 is 0 Å². The standard InChI is InChI=1S/C16H17NOS/c1-11(2)14-4-6-15(7-5-14)19-16-12(3)8-13(10-18)9-17-16/h4-11H,1-3H3. The second kappa shape index (κ2) is 6.02. The van der Waals surface area contributed by atoms with E-state index in [1.807, 2.05) is 13.0 Å². The van der Waals surface area contributed by atoms with Gasteiger partial charge in [0.2, 0.25) is 0 Å². The second-order valence-electron chi connectivity index (χ2n) is 4.83. The number of hydrogen-bond donors (Lipinski definition) is 0. The van der Waals surface area contributed by atoms with Gasteiger partial charge in [0.25, 0.3) is 0 Å². The monoisotopic (exact) mass is 271 g/mol. The highest BCUT2D eigenvalue weighted by atomic mass is 32.2. The number of benzene rings is 1. The van der Waals surface area contributed by atoms with E-state index in [2.05, 4.69) is 43.1 Å². The van der Waals surface area contributed by atoms with Gasteiger partial charge in [-0.05, 0) is 42.2 Å². The summed E-state index contributed by atoms with van der Waals surface area (Å²) in [5.74, 6) is 0.547. The molecule has 0 fully saturated rings. The summed E-state index contributed by atoms with van der Waals surface area (Å²) in [6.07, 6.45) is 2.44. The Morgan fingerprint density at radius 3 is 2.42 bits per heavy atom. The number of aromatic nitrogens is 1. The topological polar surface area (TPSA) is 30.0 Å². The Bertz CT molecular complexity index is 576. The van der Waals surface area contributed by atoms with Crippen LogP contribution in [0.1, 0.15) is 41.3 Å². The number of aldehydes is 1.